The van der Waals surface area contributed by atoms with E-state index in [1.165, 1.54) is 0 Å². The van der Waals surface area contributed by atoms with E-state index in [0.717, 1.165) is 25.1 Å². The zero-order valence-electron chi connectivity index (χ0n) is 7.56. The Morgan fingerprint density at radius 1 is 1.62 bits per heavy atom. The quantitative estimate of drug-likeness (QED) is 0.706. The van der Waals surface area contributed by atoms with Crippen molar-refractivity contribution in [2.75, 3.05) is 6.61 Å². The van der Waals surface area contributed by atoms with Gasteiger partial charge in [0.1, 0.15) is 0 Å². The Hall–Kier alpha value is -0.800. The van der Waals surface area contributed by atoms with Crippen molar-refractivity contribution in [3.05, 3.63) is 24.0 Å². The van der Waals surface area contributed by atoms with E-state index in [4.69, 9.17) is 5.11 Å². The van der Waals surface area contributed by atoms with Crippen molar-refractivity contribution < 1.29 is 10.2 Å². The van der Waals surface area contributed by atoms with Crippen molar-refractivity contribution in [2.24, 2.45) is 0 Å². The van der Waals surface area contributed by atoms with Crippen LogP contribution in [-0.4, -0.2) is 27.5 Å². The summed E-state index contributed by atoms with van der Waals surface area (Å²) in [5.41, 5.74) is 1.16. The summed E-state index contributed by atoms with van der Waals surface area (Å²) < 4.78 is 2.16. The molecule has 1 aromatic rings. The molecule has 0 bridgehead atoms. The maximum atomic E-state index is 9.58. The van der Waals surface area contributed by atoms with Gasteiger partial charge in [-0.3, -0.25) is 0 Å². The lowest BCUT2D eigenvalue weighted by Crippen LogP contribution is -2.27. The minimum absolute atomic E-state index is 0.119. The molecule has 3 heteroatoms. The molecule has 2 N–H and O–H groups in total. The van der Waals surface area contributed by atoms with Crippen LogP contribution < -0.4 is 0 Å². The molecule has 0 saturated heterocycles. The molecule has 0 aromatic carbocycles. The van der Waals surface area contributed by atoms with Crippen molar-refractivity contribution in [1.29, 1.82) is 0 Å². The van der Waals surface area contributed by atoms with Gasteiger partial charge in [-0.25, -0.2) is 0 Å². The fourth-order valence-corrected chi connectivity index (χ4v) is 2.11. The van der Waals surface area contributed by atoms with Gasteiger partial charge in [-0.05, 0) is 25.0 Å². The normalized spacial score (nSPS) is 24.0. The van der Waals surface area contributed by atoms with Crippen LogP contribution in [0.2, 0.25) is 0 Å². The van der Waals surface area contributed by atoms with E-state index in [-0.39, 0.29) is 12.5 Å². The van der Waals surface area contributed by atoms with Gasteiger partial charge in [0.15, 0.2) is 0 Å². The molecule has 0 saturated carbocycles. The average molecular weight is 181 g/mol. The van der Waals surface area contributed by atoms with E-state index < -0.39 is 6.10 Å². The van der Waals surface area contributed by atoms with Gasteiger partial charge >= 0.3 is 0 Å². The van der Waals surface area contributed by atoms with Crippen molar-refractivity contribution in [3.8, 4) is 0 Å². The van der Waals surface area contributed by atoms with Crippen molar-refractivity contribution >= 4 is 0 Å². The third-order valence-corrected chi connectivity index (χ3v) is 2.81. The van der Waals surface area contributed by atoms with Gasteiger partial charge in [-0.15, -0.1) is 0 Å². The van der Waals surface area contributed by atoms with Crippen LogP contribution in [0.1, 0.15) is 24.5 Å². The van der Waals surface area contributed by atoms with Crippen LogP contribution >= 0.6 is 0 Å². The molecule has 1 aliphatic heterocycles. The first kappa shape index (κ1) is 8.78. The predicted molar refractivity (Wildman–Crippen MR) is 49.5 cm³/mol. The standard InChI is InChI=1S/C10H15NO2/c12-7-10(13)8-3-1-5-11-6-2-4-9(8)11/h2,4,6,8,10,12-13H,1,3,5,7H2. The summed E-state index contributed by atoms with van der Waals surface area (Å²) >= 11 is 0. The Morgan fingerprint density at radius 3 is 3.23 bits per heavy atom. The highest BCUT2D eigenvalue weighted by molar-refractivity contribution is 5.16. The molecule has 13 heavy (non-hydrogen) atoms. The van der Waals surface area contributed by atoms with Crippen LogP contribution in [0.5, 0.6) is 0 Å². The third kappa shape index (κ3) is 1.49. The first-order chi connectivity index (χ1) is 6.33. The van der Waals surface area contributed by atoms with Gasteiger partial charge < -0.3 is 14.8 Å². The molecular formula is C10H15NO2. The van der Waals surface area contributed by atoms with Crippen LogP contribution in [0.15, 0.2) is 18.3 Å². The first-order valence-electron chi connectivity index (χ1n) is 4.77. The second-order valence-electron chi connectivity index (χ2n) is 3.63. The topological polar surface area (TPSA) is 45.4 Å². The summed E-state index contributed by atoms with van der Waals surface area (Å²) in [4.78, 5) is 0. The summed E-state index contributed by atoms with van der Waals surface area (Å²) in [7, 11) is 0. The second kappa shape index (κ2) is 3.52. The van der Waals surface area contributed by atoms with Crippen molar-refractivity contribution in [3.63, 3.8) is 0 Å². The molecule has 0 amide bonds. The van der Waals surface area contributed by atoms with E-state index in [0.29, 0.717) is 0 Å². The van der Waals surface area contributed by atoms with Gasteiger partial charge in [0.2, 0.25) is 0 Å². The highest BCUT2D eigenvalue weighted by Crippen LogP contribution is 2.30. The molecule has 2 unspecified atom stereocenters. The number of fused-ring (bicyclic) bond motifs is 1. The van der Waals surface area contributed by atoms with Gasteiger partial charge in [-0.1, -0.05) is 0 Å². The zero-order valence-corrected chi connectivity index (χ0v) is 7.56. The van der Waals surface area contributed by atoms with Crippen LogP contribution in [0.3, 0.4) is 0 Å². The SMILES string of the molecule is OCC(O)C1CCCn2cccc21. The molecule has 0 spiro atoms. The van der Waals surface area contributed by atoms with E-state index in [1.807, 2.05) is 18.3 Å². The lowest BCUT2D eigenvalue weighted by atomic mass is 9.91. The zero-order chi connectivity index (χ0) is 9.26. The molecular weight excluding hydrogens is 166 g/mol. The Morgan fingerprint density at radius 2 is 2.46 bits per heavy atom. The molecule has 2 heterocycles. The molecule has 3 nitrogen and oxygen atoms in total. The minimum Gasteiger partial charge on any atom is -0.394 e. The summed E-state index contributed by atoms with van der Waals surface area (Å²) in [6, 6.07) is 4.03. The Labute approximate surface area is 77.6 Å². The fourth-order valence-electron chi connectivity index (χ4n) is 2.11. The average Bonchev–Trinajstić information content (AvgIpc) is 2.63. The number of hydrogen-bond acceptors (Lipinski definition) is 2. The number of aryl methyl sites for hydroxylation is 1. The van der Waals surface area contributed by atoms with Crippen LogP contribution in [-0.2, 0) is 6.54 Å². The van der Waals surface area contributed by atoms with Crippen LogP contribution in [0.4, 0.5) is 0 Å². The number of rotatable bonds is 2. The van der Waals surface area contributed by atoms with E-state index in [1.54, 1.807) is 0 Å². The maximum Gasteiger partial charge on any atom is 0.0853 e. The number of aromatic nitrogens is 1. The number of hydrogen-bond donors (Lipinski definition) is 2. The lowest BCUT2D eigenvalue weighted by Gasteiger charge is -2.27. The fraction of sp³-hybridized carbons (Fsp3) is 0.600. The molecule has 2 atom stereocenters. The maximum absolute atomic E-state index is 9.58. The van der Waals surface area contributed by atoms with Crippen LogP contribution in [0, 0.1) is 0 Å². The van der Waals surface area contributed by atoms with Crippen molar-refractivity contribution in [2.45, 2.75) is 31.4 Å². The van der Waals surface area contributed by atoms with Gasteiger partial charge in [0.05, 0.1) is 12.7 Å². The van der Waals surface area contributed by atoms with E-state index >= 15 is 0 Å². The number of aliphatic hydroxyl groups excluding tert-OH is 2. The van der Waals surface area contributed by atoms with Gasteiger partial charge in [-0.2, -0.15) is 0 Å². The molecule has 1 aliphatic rings. The molecule has 2 rings (SSSR count). The second-order valence-corrected chi connectivity index (χ2v) is 3.63. The summed E-state index contributed by atoms with van der Waals surface area (Å²) in [5.74, 6) is 0.119. The predicted octanol–water partition coefficient (Wildman–Crippen LogP) is 0.719. The highest BCUT2D eigenvalue weighted by Gasteiger charge is 2.25. The summed E-state index contributed by atoms with van der Waals surface area (Å²) in [6.07, 6.45) is 3.50. The smallest absolute Gasteiger partial charge is 0.0853 e. The summed E-state index contributed by atoms with van der Waals surface area (Å²) in [5, 5.41) is 18.5. The third-order valence-electron chi connectivity index (χ3n) is 2.81. The molecule has 72 valence electrons. The Kier molecular flexibility index (Phi) is 2.38. The largest absolute Gasteiger partial charge is 0.394 e. The summed E-state index contributed by atoms with van der Waals surface area (Å²) in [6.45, 7) is 0.896. The monoisotopic (exact) mass is 181 g/mol. The highest BCUT2D eigenvalue weighted by atomic mass is 16.3. The van der Waals surface area contributed by atoms with E-state index in [9.17, 15) is 5.11 Å². The minimum atomic E-state index is -0.603. The van der Waals surface area contributed by atoms with Crippen molar-refractivity contribution in [1.82, 2.24) is 4.57 Å². The molecule has 1 aromatic heterocycles. The lowest BCUT2D eigenvalue weighted by molar-refractivity contribution is 0.0634. The molecule has 0 fully saturated rings. The van der Waals surface area contributed by atoms with Gasteiger partial charge in [0.25, 0.3) is 0 Å². The van der Waals surface area contributed by atoms with Crippen LogP contribution in [0.25, 0.3) is 0 Å². The van der Waals surface area contributed by atoms with Gasteiger partial charge in [0, 0.05) is 24.4 Å². The molecule has 0 aliphatic carbocycles. The number of aliphatic hydroxyl groups is 2. The Bertz CT molecular complexity index is 282. The number of nitrogens with zero attached hydrogens (tertiary/aromatic N) is 1. The van der Waals surface area contributed by atoms with E-state index in [2.05, 4.69) is 4.57 Å². The Balaban J connectivity index is 2.24. The molecule has 0 radical (unpaired) electrons. The first-order valence-corrected chi connectivity index (χ1v) is 4.77.